The molecule has 1 aliphatic heterocycles. The number of fused-ring (bicyclic) bond motifs is 1. The first-order valence-corrected chi connectivity index (χ1v) is 8.07. The van der Waals surface area contributed by atoms with Crippen molar-refractivity contribution >= 4 is 23.0 Å². The Kier molecular flexibility index (Phi) is 4.01. The van der Waals surface area contributed by atoms with E-state index in [2.05, 4.69) is 20.3 Å². The van der Waals surface area contributed by atoms with Crippen LogP contribution in [0.15, 0.2) is 41.2 Å². The SMILES string of the molecule is O=C(NC1CCCN(c2nc3ccc(F)cc3o2)C1)c1ccncn1. The number of rotatable bonds is 3. The van der Waals surface area contributed by atoms with E-state index < -0.39 is 0 Å². The smallest absolute Gasteiger partial charge is 0.298 e. The first-order chi connectivity index (χ1) is 12.2. The number of nitrogens with zero attached hydrogens (tertiary/aromatic N) is 4. The van der Waals surface area contributed by atoms with Gasteiger partial charge in [0.15, 0.2) is 5.58 Å². The molecule has 3 aromatic rings. The number of halogens is 1. The first-order valence-electron chi connectivity index (χ1n) is 8.07. The van der Waals surface area contributed by atoms with Crippen LogP contribution < -0.4 is 10.2 Å². The van der Waals surface area contributed by atoms with Crippen molar-refractivity contribution in [2.45, 2.75) is 18.9 Å². The van der Waals surface area contributed by atoms with Crippen molar-refractivity contribution in [1.29, 1.82) is 0 Å². The maximum atomic E-state index is 13.3. The highest BCUT2D eigenvalue weighted by Crippen LogP contribution is 2.25. The molecule has 7 nitrogen and oxygen atoms in total. The standard InChI is InChI=1S/C17H16FN5O2/c18-11-3-4-13-15(8-11)25-17(22-13)23-7-1-2-12(9-23)21-16(24)14-5-6-19-10-20-14/h3-6,8,10,12H,1-2,7,9H2,(H,21,24). The topological polar surface area (TPSA) is 84.2 Å². The van der Waals surface area contributed by atoms with Gasteiger partial charge in [0.2, 0.25) is 0 Å². The zero-order valence-corrected chi connectivity index (χ0v) is 13.4. The number of amides is 1. The Morgan fingerprint density at radius 3 is 3.12 bits per heavy atom. The third kappa shape index (κ3) is 3.28. The lowest BCUT2D eigenvalue weighted by Crippen LogP contribution is -2.48. The molecule has 8 heteroatoms. The van der Waals surface area contributed by atoms with Crippen LogP contribution in [0.1, 0.15) is 23.3 Å². The monoisotopic (exact) mass is 341 g/mol. The molecule has 1 atom stereocenters. The summed E-state index contributed by atoms with van der Waals surface area (Å²) in [7, 11) is 0. The quantitative estimate of drug-likeness (QED) is 0.786. The number of oxazole rings is 1. The largest absolute Gasteiger partial charge is 0.423 e. The highest BCUT2D eigenvalue weighted by Gasteiger charge is 2.25. The van der Waals surface area contributed by atoms with E-state index in [1.54, 1.807) is 12.1 Å². The summed E-state index contributed by atoms with van der Waals surface area (Å²) in [5, 5.41) is 2.98. The average Bonchev–Trinajstić information content (AvgIpc) is 3.06. The Bertz CT molecular complexity index is 898. The van der Waals surface area contributed by atoms with Crippen LogP contribution in [-0.2, 0) is 0 Å². The molecular formula is C17H16FN5O2. The second-order valence-corrected chi connectivity index (χ2v) is 5.96. The van der Waals surface area contributed by atoms with Crippen LogP contribution in [0.4, 0.5) is 10.4 Å². The van der Waals surface area contributed by atoms with Crippen LogP contribution in [0.2, 0.25) is 0 Å². The lowest BCUT2D eigenvalue weighted by molar-refractivity contribution is 0.0927. The van der Waals surface area contributed by atoms with Gasteiger partial charge in [0.05, 0.1) is 0 Å². The molecule has 0 bridgehead atoms. The van der Waals surface area contributed by atoms with Gasteiger partial charge in [-0.2, -0.15) is 4.98 Å². The van der Waals surface area contributed by atoms with Crippen LogP contribution >= 0.6 is 0 Å². The van der Waals surface area contributed by atoms with E-state index in [1.165, 1.54) is 24.7 Å². The van der Waals surface area contributed by atoms with E-state index >= 15 is 0 Å². The zero-order chi connectivity index (χ0) is 17.2. The third-order valence-corrected chi connectivity index (χ3v) is 4.18. The van der Waals surface area contributed by atoms with Gasteiger partial charge in [-0.1, -0.05) is 0 Å². The van der Waals surface area contributed by atoms with E-state index in [4.69, 9.17) is 4.42 Å². The molecule has 0 spiro atoms. The average molecular weight is 341 g/mol. The molecular weight excluding hydrogens is 325 g/mol. The number of carbonyl (C=O) groups excluding carboxylic acids is 1. The van der Waals surface area contributed by atoms with E-state index in [1.807, 2.05) is 4.90 Å². The summed E-state index contributed by atoms with van der Waals surface area (Å²) in [6.45, 7) is 1.35. The number of carbonyl (C=O) groups is 1. The zero-order valence-electron chi connectivity index (χ0n) is 13.4. The number of aromatic nitrogens is 3. The molecule has 0 saturated carbocycles. The highest BCUT2D eigenvalue weighted by atomic mass is 19.1. The molecule has 1 fully saturated rings. The van der Waals surface area contributed by atoms with Crippen molar-refractivity contribution in [3.8, 4) is 0 Å². The van der Waals surface area contributed by atoms with Gasteiger partial charge >= 0.3 is 0 Å². The van der Waals surface area contributed by atoms with Gasteiger partial charge in [-0.3, -0.25) is 4.79 Å². The van der Waals surface area contributed by atoms with Gasteiger partial charge in [0.1, 0.15) is 23.4 Å². The number of benzene rings is 1. The van der Waals surface area contributed by atoms with Gasteiger partial charge in [-0.15, -0.1) is 0 Å². The number of hydrogen-bond acceptors (Lipinski definition) is 6. The summed E-state index contributed by atoms with van der Waals surface area (Å²) in [6.07, 6.45) is 4.63. The Balaban J connectivity index is 1.47. The molecule has 2 aromatic heterocycles. The van der Waals surface area contributed by atoms with E-state index in [9.17, 15) is 9.18 Å². The highest BCUT2D eigenvalue weighted by molar-refractivity contribution is 5.92. The summed E-state index contributed by atoms with van der Waals surface area (Å²) in [4.78, 5) is 26.4. The fourth-order valence-electron chi connectivity index (χ4n) is 2.97. The lowest BCUT2D eigenvalue weighted by atomic mass is 10.1. The normalized spacial score (nSPS) is 17.6. The molecule has 1 aliphatic rings. The summed E-state index contributed by atoms with van der Waals surface area (Å²) in [5.74, 6) is -0.585. The molecule has 3 heterocycles. The molecule has 0 aliphatic carbocycles. The van der Waals surface area contributed by atoms with Gasteiger partial charge in [-0.05, 0) is 31.0 Å². The van der Waals surface area contributed by atoms with Gasteiger partial charge < -0.3 is 14.6 Å². The van der Waals surface area contributed by atoms with E-state index in [-0.39, 0.29) is 17.8 Å². The van der Waals surface area contributed by atoms with E-state index in [0.717, 1.165) is 19.4 Å². The Morgan fingerprint density at radius 1 is 1.36 bits per heavy atom. The summed E-state index contributed by atoms with van der Waals surface area (Å²) in [5.41, 5.74) is 1.37. The predicted molar refractivity (Wildman–Crippen MR) is 88.7 cm³/mol. The minimum absolute atomic E-state index is 0.0389. The van der Waals surface area contributed by atoms with Crippen molar-refractivity contribution in [2.24, 2.45) is 0 Å². The van der Waals surface area contributed by atoms with Crippen LogP contribution in [-0.4, -0.2) is 40.0 Å². The van der Waals surface area contributed by atoms with Crippen molar-refractivity contribution in [1.82, 2.24) is 20.3 Å². The molecule has 1 saturated heterocycles. The van der Waals surface area contributed by atoms with Crippen molar-refractivity contribution in [3.63, 3.8) is 0 Å². The third-order valence-electron chi connectivity index (χ3n) is 4.18. The Hall–Kier alpha value is -3.03. The van der Waals surface area contributed by atoms with E-state index in [0.29, 0.717) is 29.4 Å². The maximum absolute atomic E-state index is 13.3. The predicted octanol–water partition coefficient (Wildman–Crippen LogP) is 2.16. The summed E-state index contributed by atoms with van der Waals surface area (Å²) in [6, 6.07) is 6.26. The minimum Gasteiger partial charge on any atom is -0.423 e. The molecule has 25 heavy (non-hydrogen) atoms. The fraction of sp³-hybridized carbons (Fsp3) is 0.294. The Morgan fingerprint density at radius 2 is 2.28 bits per heavy atom. The van der Waals surface area contributed by atoms with Gasteiger partial charge in [-0.25, -0.2) is 14.4 Å². The lowest BCUT2D eigenvalue weighted by Gasteiger charge is -2.31. The second-order valence-electron chi connectivity index (χ2n) is 5.96. The molecule has 128 valence electrons. The van der Waals surface area contributed by atoms with Crippen molar-refractivity contribution < 1.29 is 13.6 Å². The number of nitrogens with one attached hydrogen (secondary N) is 1. The van der Waals surface area contributed by atoms with Crippen molar-refractivity contribution in [3.05, 3.63) is 48.3 Å². The van der Waals surface area contributed by atoms with Crippen LogP contribution in [0.5, 0.6) is 0 Å². The molecule has 1 N–H and O–H groups in total. The molecule has 1 aromatic carbocycles. The fourth-order valence-corrected chi connectivity index (χ4v) is 2.97. The first kappa shape index (κ1) is 15.5. The Labute approximate surface area is 142 Å². The number of anilines is 1. The maximum Gasteiger partial charge on any atom is 0.298 e. The molecule has 0 radical (unpaired) electrons. The molecule has 4 rings (SSSR count). The number of hydrogen-bond donors (Lipinski definition) is 1. The van der Waals surface area contributed by atoms with Crippen LogP contribution in [0.25, 0.3) is 11.1 Å². The second kappa shape index (κ2) is 6.46. The van der Waals surface area contributed by atoms with Gasteiger partial charge in [0.25, 0.3) is 11.9 Å². The summed E-state index contributed by atoms with van der Waals surface area (Å²) >= 11 is 0. The minimum atomic E-state index is -0.358. The molecule has 1 amide bonds. The summed E-state index contributed by atoms with van der Waals surface area (Å²) < 4.78 is 19.0. The van der Waals surface area contributed by atoms with Crippen LogP contribution in [0, 0.1) is 5.82 Å². The van der Waals surface area contributed by atoms with Crippen molar-refractivity contribution in [2.75, 3.05) is 18.0 Å². The molecule has 1 unspecified atom stereocenters. The van der Waals surface area contributed by atoms with Crippen LogP contribution in [0.3, 0.4) is 0 Å². The van der Waals surface area contributed by atoms with Gasteiger partial charge in [0, 0.05) is 31.4 Å². The number of piperidine rings is 1.